The van der Waals surface area contributed by atoms with Gasteiger partial charge < -0.3 is 10.5 Å². The molecule has 0 saturated carbocycles. The van der Waals surface area contributed by atoms with Gasteiger partial charge in [0.1, 0.15) is 10.9 Å². The smallest absolute Gasteiger partial charge is 0.313 e. The number of ether oxygens (including phenoxy) is 1. The standard InChI is InChI=1S/C12H8Cl2N4O3/c13-6-1-2-9(8(5-6)18(19)20)21-12-10(14)7(11(15)16)3-4-17-12/h1-5H,(H3,15,16). The maximum atomic E-state index is 11.0. The minimum absolute atomic E-state index is 0.00533. The molecule has 2 aromatic rings. The summed E-state index contributed by atoms with van der Waals surface area (Å²) in [6.45, 7) is 0. The highest BCUT2D eigenvalue weighted by atomic mass is 35.5. The molecule has 1 aromatic carbocycles. The average molecular weight is 327 g/mol. The molecule has 3 N–H and O–H groups in total. The maximum Gasteiger partial charge on any atom is 0.313 e. The van der Waals surface area contributed by atoms with Crippen LogP contribution in [-0.2, 0) is 0 Å². The number of nitrogens with one attached hydrogen (secondary N) is 1. The van der Waals surface area contributed by atoms with E-state index in [-0.39, 0.29) is 38.8 Å². The molecule has 0 spiro atoms. The normalized spacial score (nSPS) is 10.2. The summed E-state index contributed by atoms with van der Waals surface area (Å²) in [5, 5.41) is 18.6. The number of nitro groups is 1. The van der Waals surface area contributed by atoms with E-state index in [9.17, 15) is 10.1 Å². The van der Waals surface area contributed by atoms with Gasteiger partial charge in [-0.3, -0.25) is 15.5 Å². The summed E-state index contributed by atoms with van der Waals surface area (Å²) in [5.41, 5.74) is 5.26. The predicted molar refractivity (Wildman–Crippen MR) is 78.4 cm³/mol. The summed E-state index contributed by atoms with van der Waals surface area (Å²) in [6, 6.07) is 5.36. The number of hydrogen-bond donors (Lipinski definition) is 2. The Morgan fingerprint density at radius 3 is 2.71 bits per heavy atom. The fourth-order valence-corrected chi connectivity index (χ4v) is 1.95. The van der Waals surface area contributed by atoms with Gasteiger partial charge in [-0.2, -0.15) is 0 Å². The topological polar surface area (TPSA) is 115 Å². The number of nitro benzene ring substituents is 1. The van der Waals surface area contributed by atoms with Crippen LogP contribution in [0.15, 0.2) is 30.5 Å². The van der Waals surface area contributed by atoms with Crippen molar-refractivity contribution in [3.05, 3.63) is 56.2 Å². The van der Waals surface area contributed by atoms with E-state index in [1.54, 1.807) is 0 Å². The Labute approximate surface area is 128 Å². The third-order valence-electron chi connectivity index (χ3n) is 2.47. The largest absolute Gasteiger partial charge is 0.430 e. The first-order chi connectivity index (χ1) is 9.90. The summed E-state index contributed by atoms with van der Waals surface area (Å²) in [6.07, 6.45) is 1.33. The Kier molecular flexibility index (Phi) is 4.25. The first-order valence-electron chi connectivity index (χ1n) is 5.51. The molecule has 0 unspecified atom stereocenters. The summed E-state index contributed by atoms with van der Waals surface area (Å²) in [4.78, 5) is 14.2. The number of halogens is 2. The van der Waals surface area contributed by atoms with Crippen LogP contribution in [0.3, 0.4) is 0 Å². The minimum Gasteiger partial charge on any atom is -0.430 e. The molecule has 0 radical (unpaired) electrons. The highest BCUT2D eigenvalue weighted by Crippen LogP contribution is 2.36. The van der Waals surface area contributed by atoms with Crippen LogP contribution in [0, 0.1) is 15.5 Å². The van der Waals surface area contributed by atoms with Gasteiger partial charge in [-0.15, -0.1) is 0 Å². The molecule has 0 atom stereocenters. The highest BCUT2D eigenvalue weighted by molar-refractivity contribution is 6.35. The van der Waals surface area contributed by atoms with Crippen LogP contribution in [0.1, 0.15) is 5.56 Å². The van der Waals surface area contributed by atoms with Crippen molar-refractivity contribution < 1.29 is 9.66 Å². The van der Waals surface area contributed by atoms with Crippen molar-refractivity contribution in [3.63, 3.8) is 0 Å². The summed E-state index contributed by atoms with van der Waals surface area (Å²) >= 11 is 11.7. The molecule has 1 heterocycles. The summed E-state index contributed by atoms with van der Waals surface area (Å²) < 4.78 is 5.35. The second kappa shape index (κ2) is 5.94. The molecule has 0 aliphatic heterocycles. The molecule has 0 amide bonds. The number of hydrogen-bond acceptors (Lipinski definition) is 5. The molecule has 7 nitrogen and oxygen atoms in total. The zero-order valence-electron chi connectivity index (χ0n) is 10.3. The number of nitrogens with zero attached hydrogens (tertiary/aromatic N) is 2. The van der Waals surface area contributed by atoms with Crippen molar-refractivity contribution >= 4 is 34.7 Å². The number of nitrogens with two attached hydrogens (primary N) is 1. The minimum atomic E-state index is -0.635. The lowest BCUT2D eigenvalue weighted by Crippen LogP contribution is -2.12. The predicted octanol–water partition coefficient (Wildman–Crippen LogP) is 3.37. The molecule has 0 aliphatic rings. The monoisotopic (exact) mass is 326 g/mol. The van der Waals surface area contributed by atoms with Crippen LogP contribution in [0.4, 0.5) is 5.69 Å². The van der Waals surface area contributed by atoms with E-state index in [1.165, 1.54) is 24.4 Å². The zero-order valence-corrected chi connectivity index (χ0v) is 11.9. The lowest BCUT2D eigenvalue weighted by Gasteiger charge is -2.09. The lowest BCUT2D eigenvalue weighted by atomic mass is 10.2. The average Bonchev–Trinajstić information content (AvgIpc) is 2.42. The molecule has 1 aromatic heterocycles. The number of nitrogen functional groups attached to an aromatic ring is 1. The van der Waals surface area contributed by atoms with Gasteiger partial charge in [0.05, 0.1) is 4.92 Å². The molecular weight excluding hydrogens is 319 g/mol. The Morgan fingerprint density at radius 2 is 2.10 bits per heavy atom. The van der Waals surface area contributed by atoms with Gasteiger partial charge in [0.15, 0.2) is 0 Å². The van der Waals surface area contributed by atoms with Crippen molar-refractivity contribution in [3.8, 4) is 11.6 Å². The van der Waals surface area contributed by atoms with E-state index >= 15 is 0 Å². The van der Waals surface area contributed by atoms with Crippen molar-refractivity contribution in [2.45, 2.75) is 0 Å². The molecule has 21 heavy (non-hydrogen) atoms. The quantitative estimate of drug-likeness (QED) is 0.386. The van der Waals surface area contributed by atoms with E-state index in [4.69, 9.17) is 39.1 Å². The second-order valence-corrected chi connectivity index (χ2v) is 4.68. The Hall–Kier alpha value is -2.38. The maximum absolute atomic E-state index is 11.0. The molecule has 0 aliphatic carbocycles. The number of rotatable bonds is 4. The third-order valence-corrected chi connectivity index (χ3v) is 3.07. The summed E-state index contributed by atoms with van der Waals surface area (Å²) in [5.74, 6) is -0.424. The fraction of sp³-hybridized carbons (Fsp3) is 0. The Balaban J connectivity index is 2.46. The third kappa shape index (κ3) is 3.21. The Morgan fingerprint density at radius 1 is 1.38 bits per heavy atom. The van der Waals surface area contributed by atoms with Crippen molar-refractivity contribution in [1.29, 1.82) is 5.41 Å². The second-order valence-electron chi connectivity index (χ2n) is 3.86. The van der Waals surface area contributed by atoms with Crippen LogP contribution in [-0.4, -0.2) is 15.7 Å². The van der Waals surface area contributed by atoms with E-state index < -0.39 is 4.92 Å². The van der Waals surface area contributed by atoms with Gasteiger partial charge in [-0.25, -0.2) is 4.98 Å². The number of amidine groups is 1. The van der Waals surface area contributed by atoms with Crippen LogP contribution < -0.4 is 10.5 Å². The van der Waals surface area contributed by atoms with Crippen LogP contribution in [0.25, 0.3) is 0 Å². The van der Waals surface area contributed by atoms with E-state index in [2.05, 4.69) is 4.98 Å². The van der Waals surface area contributed by atoms with Crippen LogP contribution in [0.5, 0.6) is 11.6 Å². The van der Waals surface area contributed by atoms with Crippen LogP contribution >= 0.6 is 23.2 Å². The van der Waals surface area contributed by atoms with E-state index in [0.29, 0.717) is 0 Å². The van der Waals surface area contributed by atoms with Crippen molar-refractivity contribution in [1.82, 2.24) is 4.98 Å². The zero-order chi connectivity index (χ0) is 15.6. The van der Waals surface area contributed by atoms with Crippen molar-refractivity contribution in [2.24, 2.45) is 5.73 Å². The lowest BCUT2D eigenvalue weighted by molar-refractivity contribution is -0.385. The molecule has 0 bridgehead atoms. The fourth-order valence-electron chi connectivity index (χ4n) is 1.53. The van der Waals surface area contributed by atoms with Crippen LogP contribution in [0.2, 0.25) is 10.0 Å². The molecule has 2 rings (SSSR count). The number of pyridine rings is 1. The molecule has 108 valence electrons. The molecule has 0 saturated heterocycles. The SMILES string of the molecule is N=C(N)c1ccnc(Oc2ccc(Cl)cc2[N+](=O)[O-])c1Cl. The van der Waals surface area contributed by atoms with Gasteiger partial charge in [0, 0.05) is 22.8 Å². The number of benzene rings is 1. The van der Waals surface area contributed by atoms with E-state index in [0.717, 1.165) is 6.07 Å². The summed E-state index contributed by atoms with van der Waals surface area (Å²) in [7, 11) is 0. The van der Waals surface area contributed by atoms with Gasteiger partial charge >= 0.3 is 5.69 Å². The molecule has 0 fully saturated rings. The first-order valence-corrected chi connectivity index (χ1v) is 6.26. The van der Waals surface area contributed by atoms with E-state index in [1.807, 2.05) is 0 Å². The van der Waals surface area contributed by atoms with Gasteiger partial charge in [0.2, 0.25) is 11.6 Å². The first kappa shape index (κ1) is 15.0. The van der Waals surface area contributed by atoms with Crippen molar-refractivity contribution in [2.75, 3.05) is 0 Å². The number of aromatic nitrogens is 1. The Bertz CT molecular complexity index is 736. The van der Waals surface area contributed by atoms with Gasteiger partial charge in [-0.1, -0.05) is 23.2 Å². The highest BCUT2D eigenvalue weighted by Gasteiger charge is 2.19. The molecule has 9 heteroatoms. The van der Waals surface area contributed by atoms with Gasteiger partial charge in [-0.05, 0) is 18.2 Å². The molecular formula is C12H8Cl2N4O3. The van der Waals surface area contributed by atoms with Gasteiger partial charge in [0.25, 0.3) is 0 Å².